The Labute approximate surface area is 69.5 Å². The van der Waals surface area contributed by atoms with Crippen LogP contribution in [0, 0.1) is 6.92 Å². The number of rotatable bonds is 1. The minimum absolute atomic E-state index is 0. The Morgan fingerprint density at radius 1 is 1.45 bits per heavy atom. The fraction of sp³-hybridized carbons (Fsp3) is 0.250. The van der Waals surface area contributed by atoms with Gasteiger partial charge in [0, 0.05) is 9.90 Å². The van der Waals surface area contributed by atoms with Gasteiger partial charge < -0.3 is 16.5 Å². The van der Waals surface area contributed by atoms with Gasteiger partial charge in [0.2, 0.25) is 0 Å². The first-order chi connectivity index (χ1) is 4.74. The smallest absolute Gasteiger partial charge is 0.0571 e. The normalized spacial score (nSPS) is 8.55. The molecule has 0 amide bonds. The van der Waals surface area contributed by atoms with Crippen molar-refractivity contribution in [3.05, 3.63) is 23.8 Å². The highest BCUT2D eigenvalue weighted by Crippen LogP contribution is 2.17. The van der Waals surface area contributed by atoms with E-state index in [0.717, 1.165) is 11.4 Å². The molecule has 0 aliphatic heterocycles. The van der Waals surface area contributed by atoms with Crippen molar-refractivity contribution in [2.45, 2.75) is 6.92 Å². The van der Waals surface area contributed by atoms with Crippen molar-refractivity contribution >= 4 is 11.4 Å². The van der Waals surface area contributed by atoms with Gasteiger partial charge in [-0.1, -0.05) is 6.07 Å². The van der Waals surface area contributed by atoms with Gasteiger partial charge in [0.05, 0.1) is 11.4 Å². The zero-order chi connectivity index (χ0) is 7.56. The van der Waals surface area contributed by atoms with Gasteiger partial charge in [-0.25, -0.2) is 0 Å². The number of anilines is 2. The molecule has 0 saturated heterocycles. The molecule has 1 rings (SSSR count). The summed E-state index contributed by atoms with van der Waals surface area (Å²) in [6.45, 7) is 2.02. The molecule has 0 aromatic heterocycles. The third-order valence-electron chi connectivity index (χ3n) is 1.48. The van der Waals surface area contributed by atoms with Gasteiger partial charge in [0.1, 0.15) is 0 Å². The highest BCUT2D eigenvalue weighted by Gasteiger charge is 1.93. The summed E-state index contributed by atoms with van der Waals surface area (Å²) in [5, 5.41) is 3.00. The Morgan fingerprint density at radius 3 is 2.55 bits per heavy atom. The van der Waals surface area contributed by atoms with Crippen molar-refractivity contribution < 1.29 is 8.33 Å². The van der Waals surface area contributed by atoms with E-state index in [0.29, 0.717) is 0 Å². The standard InChI is InChI=1S/C8H12N2.H2O.2H2/c1-6-3-4-8(10-2)7(9)5-6;;;/h3-5,10H,9H2,1-2H3;1H2;2*1H. The third-order valence-corrected chi connectivity index (χ3v) is 1.48. The second kappa shape index (κ2) is 3.83. The van der Waals surface area contributed by atoms with E-state index in [2.05, 4.69) is 5.32 Å². The molecular weight excluding hydrogens is 140 g/mol. The molecule has 0 unspecified atom stereocenters. The lowest BCUT2D eigenvalue weighted by Crippen LogP contribution is -1.95. The van der Waals surface area contributed by atoms with Crippen LogP contribution >= 0.6 is 0 Å². The van der Waals surface area contributed by atoms with Crippen molar-refractivity contribution in [3.8, 4) is 0 Å². The number of aryl methyl sites for hydroxylation is 1. The lowest BCUT2D eigenvalue weighted by Gasteiger charge is -2.03. The van der Waals surface area contributed by atoms with Crippen LogP contribution in [0.4, 0.5) is 11.4 Å². The number of benzene rings is 1. The summed E-state index contributed by atoms with van der Waals surface area (Å²) in [5.41, 5.74) is 8.66. The van der Waals surface area contributed by atoms with Crippen LogP contribution in [0.25, 0.3) is 0 Å². The second-order valence-electron chi connectivity index (χ2n) is 2.34. The van der Waals surface area contributed by atoms with Crippen LogP contribution in [0.3, 0.4) is 0 Å². The third kappa shape index (κ3) is 2.13. The molecule has 1 aromatic carbocycles. The maximum atomic E-state index is 5.67. The molecule has 0 bridgehead atoms. The van der Waals surface area contributed by atoms with E-state index in [1.807, 2.05) is 32.2 Å². The van der Waals surface area contributed by atoms with Crippen LogP contribution in [0.1, 0.15) is 8.42 Å². The van der Waals surface area contributed by atoms with Crippen LogP contribution in [-0.4, -0.2) is 12.5 Å². The fourth-order valence-electron chi connectivity index (χ4n) is 0.910. The number of nitrogens with one attached hydrogen (secondary N) is 1. The maximum Gasteiger partial charge on any atom is 0.0571 e. The molecular formula is C8H18N2O. The fourth-order valence-corrected chi connectivity index (χ4v) is 0.910. The summed E-state index contributed by atoms with van der Waals surface area (Å²) >= 11 is 0. The molecule has 3 heteroatoms. The lowest BCUT2D eigenvalue weighted by molar-refractivity contribution is 0.824. The Hall–Kier alpha value is -1.22. The molecule has 0 radical (unpaired) electrons. The summed E-state index contributed by atoms with van der Waals surface area (Å²) in [6.07, 6.45) is 0. The van der Waals surface area contributed by atoms with Crippen molar-refractivity contribution in [1.82, 2.24) is 0 Å². The zero-order valence-corrected chi connectivity index (χ0v) is 6.81. The van der Waals surface area contributed by atoms with Crippen LogP contribution in [0.15, 0.2) is 18.2 Å². The van der Waals surface area contributed by atoms with Gasteiger partial charge in [0.15, 0.2) is 0 Å². The predicted octanol–water partition coefficient (Wildman–Crippen LogP) is 1.29. The van der Waals surface area contributed by atoms with Crippen molar-refractivity contribution in [1.29, 1.82) is 0 Å². The largest absolute Gasteiger partial charge is 0.412 e. The Morgan fingerprint density at radius 2 is 2.09 bits per heavy atom. The molecule has 0 aliphatic rings. The van der Waals surface area contributed by atoms with Crippen molar-refractivity contribution in [3.63, 3.8) is 0 Å². The highest BCUT2D eigenvalue weighted by molar-refractivity contribution is 5.66. The first-order valence-electron chi connectivity index (χ1n) is 3.28. The van der Waals surface area contributed by atoms with Gasteiger partial charge in [-0.05, 0) is 24.6 Å². The average molecular weight is 158 g/mol. The number of hydrogen-bond acceptors (Lipinski definition) is 2. The number of nitrogen functional groups attached to an aromatic ring is 1. The highest BCUT2D eigenvalue weighted by atomic mass is 16.0. The van der Waals surface area contributed by atoms with Crippen LogP contribution in [0.5, 0.6) is 0 Å². The minimum atomic E-state index is 0. The molecule has 3 nitrogen and oxygen atoms in total. The minimum Gasteiger partial charge on any atom is -0.412 e. The summed E-state index contributed by atoms with van der Waals surface area (Å²) in [6, 6.07) is 5.96. The molecule has 0 fully saturated rings. The lowest BCUT2D eigenvalue weighted by atomic mass is 10.2. The van der Waals surface area contributed by atoms with E-state index < -0.39 is 0 Å². The summed E-state index contributed by atoms with van der Waals surface area (Å²) in [5.74, 6) is 0. The first-order valence-corrected chi connectivity index (χ1v) is 3.28. The molecule has 0 heterocycles. The molecule has 0 aliphatic carbocycles. The van der Waals surface area contributed by atoms with E-state index in [4.69, 9.17) is 5.73 Å². The van der Waals surface area contributed by atoms with Gasteiger partial charge in [-0.15, -0.1) is 0 Å². The summed E-state index contributed by atoms with van der Waals surface area (Å²) in [4.78, 5) is 0. The topological polar surface area (TPSA) is 69.5 Å². The van der Waals surface area contributed by atoms with E-state index in [1.54, 1.807) is 0 Å². The van der Waals surface area contributed by atoms with Crippen LogP contribution in [0.2, 0.25) is 0 Å². The van der Waals surface area contributed by atoms with E-state index >= 15 is 0 Å². The summed E-state index contributed by atoms with van der Waals surface area (Å²) in [7, 11) is 1.86. The monoisotopic (exact) mass is 158 g/mol. The Bertz CT molecular complexity index is 244. The second-order valence-corrected chi connectivity index (χ2v) is 2.34. The van der Waals surface area contributed by atoms with Crippen LogP contribution in [-0.2, 0) is 0 Å². The molecule has 0 atom stereocenters. The van der Waals surface area contributed by atoms with Gasteiger partial charge in [-0.2, -0.15) is 0 Å². The van der Waals surface area contributed by atoms with Crippen molar-refractivity contribution in [2.24, 2.45) is 0 Å². The Kier molecular flexibility index (Phi) is 3.40. The predicted molar refractivity (Wildman–Crippen MR) is 53.0 cm³/mol. The SMILES string of the molecule is CNc1ccc(C)cc1N.O.[HH].[HH]. The molecule has 11 heavy (non-hydrogen) atoms. The zero-order valence-electron chi connectivity index (χ0n) is 6.81. The maximum absolute atomic E-state index is 5.67. The molecule has 0 saturated carbocycles. The molecule has 66 valence electrons. The van der Waals surface area contributed by atoms with Crippen LogP contribution < -0.4 is 11.1 Å². The van der Waals surface area contributed by atoms with Gasteiger partial charge in [0.25, 0.3) is 0 Å². The number of nitrogens with two attached hydrogens (primary N) is 1. The quantitative estimate of drug-likeness (QED) is 0.604. The first kappa shape index (κ1) is 9.78. The molecule has 5 N–H and O–H groups in total. The number of hydrogen-bond donors (Lipinski definition) is 2. The van der Waals surface area contributed by atoms with E-state index in [9.17, 15) is 0 Å². The van der Waals surface area contributed by atoms with Crippen molar-refractivity contribution in [2.75, 3.05) is 18.1 Å². The van der Waals surface area contributed by atoms with Gasteiger partial charge >= 0.3 is 0 Å². The Balaban J connectivity index is -0.000000333. The summed E-state index contributed by atoms with van der Waals surface area (Å²) < 4.78 is 0. The molecule has 1 aromatic rings. The average Bonchev–Trinajstić information content (AvgIpc) is 1.88. The molecule has 0 spiro atoms. The van der Waals surface area contributed by atoms with Gasteiger partial charge in [-0.3, -0.25) is 0 Å². The van der Waals surface area contributed by atoms with E-state index in [-0.39, 0.29) is 8.33 Å². The van der Waals surface area contributed by atoms with E-state index in [1.165, 1.54) is 5.56 Å².